The lowest BCUT2D eigenvalue weighted by atomic mass is 10.2. The zero-order valence-electron chi connectivity index (χ0n) is 13.7. The number of anilines is 2. The highest BCUT2D eigenvalue weighted by Gasteiger charge is 2.12. The smallest absolute Gasteiger partial charge is 0.354 e. The number of carbonyl (C=O) groups is 3. The van der Waals surface area contributed by atoms with Crippen LogP contribution < -0.4 is 10.6 Å². The number of benzene rings is 1. The number of nitrogens with one attached hydrogen (secondary N) is 3. The number of amides is 2. The predicted molar refractivity (Wildman–Crippen MR) is 93.2 cm³/mol. The molecule has 132 valence electrons. The number of rotatable bonds is 5. The zero-order chi connectivity index (χ0) is 18.5. The van der Waals surface area contributed by atoms with Crippen molar-refractivity contribution in [2.45, 2.75) is 0 Å². The van der Waals surface area contributed by atoms with Crippen LogP contribution in [0, 0.1) is 0 Å². The van der Waals surface area contributed by atoms with Crippen LogP contribution in [-0.2, 0) is 4.74 Å². The Hall–Kier alpha value is -3.81. The molecule has 8 heteroatoms. The number of carbonyl (C=O) groups excluding carboxylic acids is 3. The number of H-pyrrole nitrogens is 1. The van der Waals surface area contributed by atoms with E-state index >= 15 is 0 Å². The van der Waals surface area contributed by atoms with Crippen molar-refractivity contribution in [2.75, 3.05) is 17.7 Å². The van der Waals surface area contributed by atoms with E-state index in [2.05, 4.69) is 20.4 Å². The van der Waals surface area contributed by atoms with Gasteiger partial charge in [0.2, 0.25) is 0 Å². The van der Waals surface area contributed by atoms with Crippen LogP contribution in [0.4, 0.5) is 11.4 Å². The molecule has 0 aliphatic rings. The lowest BCUT2D eigenvalue weighted by Crippen LogP contribution is -2.13. The van der Waals surface area contributed by atoms with Crippen molar-refractivity contribution >= 4 is 29.2 Å². The molecule has 26 heavy (non-hydrogen) atoms. The molecule has 0 bridgehead atoms. The van der Waals surface area contributed by atoms with Gasteiger partial charge < -0.3 is 24.8 Å². The Morgan fingerprint density at radius 3 is 2.38 bits per heavy atom. The highest BCUT2D eigenvalue weighted by atomic mass is 16.5. The van der Waals surface area contributed by atoms with Gasteiger partial charge in [0.1, 0.15) is 5.69 Å². The van der Waals surface area contributed by atoms with E-state index in [9.17, 15) is 14.4 Å². The molecule has 2 heterocycles. The topological polar surface area (TPSA) is 113 Å². The molecule has 0 fully saturated rings. The monoisotopic (exact) mass is 353 g/mol. The van der Waals surface area contributed by atoms with Crippen LogP contribution >= 0.6 is 0 Å². The van der Waals surface area contributed by atoms with E-state index in [1.54, 1.807) is 36.4 Å². The van der Waals surface area contributed by atoms with Crippen LogP contribution in [0.3, 0.4) is 0 Å². The fourth-order valence-electron chi connectivity index (χ4n) is 2.20. The molecule has 1 aromatic carbocycles. The molecular weight excluding hydrogens is 338 g/mol. The van der Waals surface area contributed by atoms with Gasteiger partial charge in [0.05, 0.1) is 19.1 Å². The first-order valence-corrected chi connectivity index (χ1v) is 7.60. The SMILES string of the molecule is COC(=O)c1cc(NC(=O)c2ccc(NC(=O)c3ccco3)cc2)c[nH]1. The van der Waals surface area contributed by atoms with Crippen molar-refractivity contribution in [3.8, 4) is 0 Å². The summed E-state index contributed by atoms with van der Waals surface area (Å²) in [6.07, 6.45) is 2.90. The Bertz CT molecular complexity index is 926. The highest BCUT2D eigenvalue weighted by Crippen LogP contribution is 2.15. The van der Waals surface area contributed by atoms with E-state index in [-0.39, 0.29) is 23.3 Å². The first kappa shape index (κ1) is 17.0. The fraction of sp³-hybridized carbons (Fsp3) is 0.0556. The average Bonchev–Trinajstić information content (AvgIpc) is 3.33. The van der Waals surface area contributed by atoms with Crippen LogP contribution in [0.25, 0.3) is 0 Å². The van der Waals surface area contributed by atoms with Gasteiger partial charge in [-0.25, -0.2) is 4.79 Å². The van der Waals surface area contributed by atoms with E-state index in [1.807, 2.05) is 0 Å². The summed E-state index contributed by atoms with van der Waals surface area (Å²) in [4.78, 5) is 38.2. The number of esters is 1. The van der Waals surface area contributed by atoms with Crippen LogP contribution in [0.5, 0.6) is 0 Å². The summed E-state index contributed by atoms with van der Waals surface area (Å²) < 4.78 is 9.60. The summed E-state index contributed by atoms with van der Waals surface area (Å²) in [6, 6.07) is 11.0. The quantitative estimate of drug-likeness (QED) is 0.610. The van der Waals surface area contributed by atoms with Gasteiger partial charge in [-0.15, -0.1) is 0 Å². The molecule has 3 N–H and O–H groups in total. The summed E-state index contributed by atoms with van der Waals surface area (Å²) in [5.74, 6) is -1.07. The van der Waals surface area contributed by atoms with Crippen molar-refractivity contribution < 1.29 is 23.5 Å². The summed E-state index contributed by atoms with van der Waals surface area (Å²) in [5, 5.41) is 5.32. The lowest BCUT2D eigenvalue weighted by Gasteiger charge is -2.06. The predicted octanol–water partition coefficient (Wildman–Crippen LogP) is 2.90. The zero-order valence-corrected chi connectivity index (χ0v) is 13.7. The van der Waals surface area contributed by atoms with Crippen molar-refractivity contribution in [2.24, 2.45) is 0 Å². The second-order valence-electron chi connectivity index (χ2n) is 5.26. The van der Waals surface area contributed by atoms with Gasteiger partial charge in [-0.3, -0.25) is 9.59 Å². The Morgan fingerprint density at radius 2 is 1.73 bits per heavy atom. The van der Waals surface area contributed by atoms with Gasteiger partial charge in [-0.1, -0.05) is 0 Å². The minimum atomic E-state index is -0.526. The van der Waals surface area contributed by atoms with E-state index in [0.717, 1.165) is 0 Å². The highest BCUT2D eigenvalue weighted by molar-refractivity contribution is 6.06. The molecule has 0 atom stereocenters. The van der Waals surface area contributed by atoms with Crippen molar-refractivity contribution in [3.05, 3.63) is 71.9 Å². The average molecular weight is 353 g/mol. The molecule has 0 unspecified atom stereocenters. The molecule has 2 aromatic heterocycles. The first-order chi connectivity index (χ1) is 12.6. The number of methoxy groups -OCH3 is 1. The van der Waals surface area contributed by atoms with Crippen LogP contribution in [0.2, 0.25) is 0 Å². The Kier molecular flexibility index (Phi) is 4.84. The van der Waals surface area contributed by atoms with Gasteiger partial charge in [0, 0.05) is 17.4 Å². The maximum atomic E-state index is 12.2. The molecule has 0 saturated heterocycles. The number of furan rings is 1. The van der Waals surface area contributed by atoms with Gasteiger partial charge in [-0.05, 0) is 42.5 Å². The fourth-order valence-corrected chi connectivity index (χ4v) is 2.20. The van der Waals surface area contributed by atoms with Crippen LogP contribution in [0.1, 0.15) is 31.4 Å². The molecule has 0 aliphatic carbocycles. The lowest BCUT2D eigenvalue weighted by molar-refractivity contribution is 0.0594. The van der Waals surface area contributed by atoms with E-state index in [4.69, 9.17) is 4.42 Å². The van der Waals surface area contributed by atoms with Gasteiger partial charge in [0.25, 0.3) is 11.8 Å². The van der Waals surface area contributed by atoms with Gasteiger partial charge in [0.15, 0.2) is 5.76 Å². The molecule has 0 aliphatic heterocycles. The Balaban J connectivity index is 1.62. The van der Waals surface area contributed by atoms with E-state index < -0.39 is 5.97 Å². The Labute approximate surface area is 148 Å². The standard InChI is InChI=1S/C18H15N3O5/c1-25-18(24)14-9-13(10-19-14)21-16(22)11-4-6-12(7-5-11)20-17(23)15-3-2-8-26-15/h2-10,19H,1H3,(H,20,23)(H,21,22). The molecule has 0 saturated carbocycles. The summed E-state index contributed by atoms with van der Waals surface area (Å²) in [5.41, 5.74) is 1.59. The third kappa shape index (κ3) is 3.81. The molecule has 0 spiro atoms. The molecular formula is C18H15N3O5. The molecule has 3 rings (SSSR count). The normalized spacial score (nSPS) is 10.2. The third-order valence-corrected chi connectivity index (χ3v) is 3.50. The number of aromatic nitrogens is 1. The minimum Gasteiger partial charge on any atom is -0.464 e. The Morgan fingerprint density at radius 1 is 1.00 bits per heavy atom. The maximum absolute atomic E-state index is 12.2. The summed E-state index contributed by atoms with van der Waals surface area (Å²) in [6.45, 7) is 0. The van der Waals surface area contributed by atoms with Gasteiger partial charge >= 0.3 is 5.97 Å². The molecule has 8 nitrogen and oxygen atoms in total. The van der Waals surface area contributed by atoms with E-state index in [1.165, 1.54) is 25.6 Å². The summed E-state index contributed by atoms with van der Waals surface area (Å²) in [7, 11) is 1.27. The number of hydrogen-bond acceptors (Lipinski definition) is 5. The van der Waals surface area contributed by atoms with Crippen LogP contribution in [0.15, 0.2) is 59.3 Å². The number of ether oxygens (including phenoxy) is 1. The second-order valence-corrected chi connectivity index (χ2v) is 5.26. The molecule has 2 amide bonds. The summed E-state index contributed by atoms with van der Waals surface area (Å²) >= 11 is 0. The maximum Gasteiger partial charge on any atom is 0.354 e. The second kappa shape index (κ2) is 7.39. The van der Waals surface area contributed by atoms with Crippen LogP contribution in [-0.4, -0.2) is 29.9 Å². The largest absolute Gasteiger partial charge is 0.464 e. The number of hydrogen-bond donors (Lipinski definition) is 3. The molecule has 3 aromatic rings. The minimum absolute atomic E-state index is 0.195. The number of aromatic amines is 1. The van der Waals surface area contributed by atoms with Gasteiger partial charge in [-0.2, -0.15) is 0 Å². The van der Waals surface area contributed by atoms with Crippen molar-refractivity contribution in [3.63, 3.8) is 0 Å². The van der Waals surface area contributed by atoms with Crippen molar-refractivity contribution in [1.29, 1.82) is 0 Å². The van der Waals surface area contributed by atoms with E-state index in [0.29, 0.717) is 16.9 Å². The first-order valence-electron chi connectivity index (χ1n) is 7.60. The molecule has 0 radical (unpaired) electrons. The van der Waals surface area contributed by atoms with Crippen molar-refractivity contribution in [1.82, 2.24) is 4.98 Å². The third-order valence-electron chi connectivity index (χ3n) is 3.50.